The Balaban J connectivity index is 1.59. The fraction of sp³-hybridized carbons (Fsp3) is 0.250. The molecule has 0 bridgehead atoms. The lowest BCUT2D eigenvalue weighted by molar-refractivity contribution is -0.133. The molecule has 1 aliphatic heterocycles. The van der Waals surface area contributed by atoms with Crippen molar-refractivity contribution in [1.29, 1.82) is 0 Å². The molecule has 0 saturated carbocycles. The minimum Gasteiger partial charge on any atom is -0.497 e. The number of fused-ring (bicyclic) bond motifs is 1. The van der Waals surface area contributed by atoms with Crippen molar-refractivity contribution in [1.82, 2.24) is 0 Å². The molecule has 43 heavy (non-hydrogen) atoms. The van der Waals surface area contributed by atoms with Crippen molar-refractivity contribution in [2.75, 3.05) is 45.4 Å². The lowest BCUT2D eigenvalue weighted by atomic mass is 9.78. The summed E-state index contributed by atoms with van der Waals surface area (Å²) < 4.78 is 23.6. The summed E-state index contributed by atoms with van der Waals surface area (Å²) in [5.74, 6) is 0.457. The van der Waals surface area contributed by atoms with E-state index >= 15 is 0 Å². The van der Waals surface area contributed by atoms with Gasteiger partial charge in [0.2, 0.25) is 0 Å². The van der Waals surface area contributed by atoms with Crippen LogP contribution >= 0.6 is 0 Å². The standard InChI is InChI=1S/C36H35NO6/c1-40-26-13-14-27(33(19-26)41-2)28-20-29-30(21-32(28)37-15-17-42-18-16-37)35(25-11-7-4-8-12-25)31(36(38)39)22-34(29)43-23-24-9-5-3-6-10-24/h3-14,19-21,34H,15-18,22-23H2,1-2H3,(H,38,39). The largest absolute Gasteiger partial charge is 0.497 e. The van der Waals surface area contributed by atoms with Gasteiger partial charge in [-0.15, -0.1) is 0 Å². The fourth-order valence-corrected chi connectivity index (χ4v) is 6.00. The van der Waals surface area contributed by atoms with E-state index < -0.39 is 12.1 Å². The number of hydrogen-bond donors (Lipinski definition) is 1. The molecule has 1 N–H and O–H groups in total. The first-order valence-electron chi connectivity index (χ1n) is 14.5. The summed E-state index contributed by atoms with van der Waals surface area (Å²) in [5, 5.41) is 10.5. The van der Waals surface area contributed by atoms with Gasteiger partial charge in [-0.25, -0.2) is 4.79 Å². The van der Waals surface area contributed by atoms with Crippen molar-refractivity contribution in [3.05, 3.63) is 119 Å². The van der Waals surface area contributed by atoms with E-state index in [1.807, 2.05) is 78.9 Å². The van der Waals surface area contributed by atoms with Crippen LogP contribution in [0.25, 0.3) is 16.7 Å². The van der Waals surface area contributed by atoms with Gasteiger partial charge in [-0.3, -0.25) is 0 Å². The molecular weight excluding hydrogens is 542 g/mol. The van der Waals surface area contributed by atoms with Crippen LogP contribution in [-0.2, 0) is 20.9 Å². The summed E-state index contributed by atoms with van der Waals surface area (Å²) in [6, 6.07) is 29.9. The van der Waals surface area contributed by atoms with Crippen LogP contribution in [0.4, 0.5) is 5.69 Å². The second kappa shape index (κ2) is 12.7. The molecule has 4 aromatic rings. The molecule has 4 aromatic carbocycles. The Morgan fingerprint density at radius 3 is 2.26 bits per heavy atom. The maximum absolute atomic E-state index is 12.8. The van der Waals surface area contributed by atoms with Crippen LogP contribution in [0.3, 0.4) is 0 Å². The molecule has 6 rings (SSSR count). The molecule has 7 nitrogen and oxygen atoms in total. The minimum atomic E-state index is -0.938. The number of morpholine rings is 1. The lowest BCUT2D eigenvalue weighted by Crippen LogP contribution is -2.36. The molecule has 1 atom stereocenters. The molecular formula is C36H35NO6. The van der Waals surface area contributed by atoms with Crippen LogP contribution in [0.15, 0.2) is 96.6 Å². The zero-order valence-electron chi connectivity index (χ0n) is 24.4. The van der Waals surface area contributed by atoms with E-state index in [1.165, 1.54) is 0 Å². The Morgan fingerprint density at radius 2 is 1.58 bits per heavy atom. The highest BCUT2D eigenvalue weighted by molar-refractivity contribution is 6.03. The predicted octanol–water partition coefficient (Wildman–Crippen LogP) is 6.76. The average Bonchev–Trinajstić information content (AvgIpc) is 3.07. The number of anilines is 1. The number of carboxylic acid groups (broad SMARTS) is 1. The van der Waals surface area contributed by atoms with E-state index in [-0.39, 0.29) is 6.42 Å². The number of methoxy groups -OCH3 is 2. The number of carboxylic acids is 1. The smallest absolute Gasteiger partial charge is 0.332 e. The molecule has 0 aromatic heterocycles. The predicted molar refractivity (Wildman–Crippen MR) is 167 cm³/mol. The zero-order valence-corrected chi connectivity index (χ0v) is 24.4. The van der Waals surface area contributed by atoms with Crippen LogP contribution in [0.2, 0.25) is 0 Å². The molecule has 1 fully saturated rings. The van der Waals surface area contributed by atoms with E-state index in [1.54, 1.807) is 14.2 Å². The highest BCUT2D eigenvalue weighted by Crippen LogP contribution is 2.48. The van der Waals surface area contributed by atoms with Crippen LogP contribution in [0.5, 0.6) is 11.5 Å². The number of nitrogens with zero attached hydrogens (tertiary/aromatic N) is 1. The molecule has 1 unspecified atom stereocenters. The molecule has 2 aliphatic rings. The summed E-state index contributed by atoms with van der Waals surface area (Å²) in [7, 11) is 3.30. The molecule has 7 heteroatoms. The Labute approximate surface area is 251 Å². The molecule has 1 aliphatic carbocycles. The molecule has 1 heterocycles. The van der Waals surface area contributed by atoms with E-state index in [9.17, 15) is 9.90 Å². The van der Waals surface area contributed by atoms with Gasteiger partial charge in [-0.1, -0.05) is 60.7 Å². The third kappa shape index (κ3) is 5.87. The first-order valence-corrected chi connectivity index (χ1v) is 14.5. The number of carbonyl (C=O) groups is 1. The molecule has 0 spiro atoms. The average molecular weight is 578 g/mol. The SMILES string of the molecule is COc1ccc(-c2cc3c(cc2N2CCOCC2)C(c2ccccc2)=C(C(=O)O)CC3OCc2ccccc2)c(OC)c1. The summed E-state index contributed by atoms with van der Waals surface area (Å²) >= 11 is 0. The van der Waals surface area contributed by atoms with E-state index in [2.05, 4.69) is 17.0 Å². The van der Waals surface area contributed by atoms with Gasteiger partial charge in [-0.05, 0) is 52.1 Å². The van der Waals surface area contributed by atoms with Crippen molar-refractivity contribution < 1.29 is 28.8 Å². The van der Waals surface area contributed by atoms with E-state index in [0.717, 1.165) is 44.6 Å². The monoisotopic (exact) mass is 577 g/mol. The van der Waals surface area contributed by atoms with Crippen LogP contribution in [0.1, 0.15) is 34.8 Å². The van der Waals surface area contributed by atoms with Crippen molar-refractivity contribution in [2.45, 2.75) is 19.1 Å². The first kappa shape index (κ1) is 28.5. The normalized spacial score (nSPS) is 16.5. The Kier molecular flexibility index (Phi) is 8.45. The second-order valence-electron chi connectivity index (χ2n) is 10.6. The van der Waals surface area contributed by atoms with Gasteiger partial charge in [0.1, 0.15) is 11.5 Å². The van der Waals surface area contributed by atoms with E-state index in [0.29, 0.717) is 50.0 Å². The number of rotatable bonds is 9. The highest BCUT2D eigenvalue weighted by Gasteiger charge is 2.34. The van der Waals surface area contributed by atoms with Crippen molar-refractivity contribution in [3.63, 3.8) is 0 Å². The topological polar surface area (TPSA) is 77.5 Å². The lowest BCUT2D eigenvalue weighted by Gasteiger charge is -2.35. The Bertz CT molecular complexity index is 1630. The minimum absolute atomic E-state index is 0.246. The van der Waals surface area contributed by atoms with Crippen molar-refractivity contribution >= 4 is 17.2 Å². The van der Waals surface area contributed by atoms with Gasteiger partial charge in [0.05, 0.1) is 40.1 Å². The first-order chi connectivity index (χ1) is 21.1. The van der Waals surface area contributed by atoms with Crippen molar-refractivity contribution in [2.24, 2.45) is 0 Å². The van der Waals surface area contributed by atoms with Gasteiger partial charge in [0, 0.05) is 48.0 Å². The van der Waals surface area contributed by atoms with Crippen LogP contribution in [0, 0.1) is 0 Å². The van der Waals surface area contributed by atoms with Gasteiger partial charge in [-0.2, -0.15) is 0 Å². The number of aliphatic carboxylic acids is 1. The third-order valence-electron chi connectivity index (χ3n) is 8.14. The zero-order chi connectivity index (χ0) is 29.8. The summed E-state index contributed by atoms with van der Waals surface area (Å²) in [6.45, 7) is 3.02. The molecule has 1 saturated heterocycles. The van der Waals surface area contributed by atoms with Gasteiger partial charge in [0.15, 0.2) is 0 Å². The third-order valence-corrected chi connectivity index (χ3v) is 8.14. The van der Waals surface area contributed by atoms with Crippen molar-refractivity contribution in [3.8, 4) is 22.6 Å². The molecule has 0 amide bonds. The summed E-state index contributed by atoms with van der Waals surface area (Å²) in [5.41, 5.74) is 7.68. The summed E-state index contributed by atoms with van der Waals surface area (Å²) in [4.78, 5) is 15.1. The molecule has 0 radical (unpaired) electrons. The number of ether oxygens (including phenoxy) is 4. The van der Waals surface area contributed by atoms with Crippen LogP contribution in [-0.4, -0.2) is 51.6 Å². The quantitative estimate of drug-likeness (QED) is 0.236. The highest BCUT2D eigenvalue weighted by atomic mass is 16.5. The Morgan fingerprint density at radius 1 is 0.860 bits per heavy atom. The van der Waals surface area contributed by atoms with Gasteiger partial charge >= 0.3 is 5.97 Å². The second-order valence-corrected chi connectivity index (χ2v) is 10.6. The maximum Gasteiger partial charge on any atom is 0.332 e. The Hall–Kier alpha value is -4.59. The number of benzene rings is 4. The number of hydrogen-bond acceptors (Lipinski definition) is 6. The molecule has 220 valence electrons. The fourth-order valence-electron chi connectivity index (χ4n) is 6.00. The van der Waals surface area contributed by atoms with Gasteiger partial charge < -0.3 is 29.0 Å². The maximum atomic E-state index is 12.8. The van der Waals surface area contributed by atoms with E-state index in [4.69, 9.17) is 18.9 Å². The van der Waals surface area contributed by atoms with Gasteiger partial charge in [0.25, 0.3) is 0 Å². The van der Waals surface area contributed by atoms with Crippen LogP contribution < -0.4 is 14.4 Å². The summed E-state index contributed by atoms with van der Waals surface area (Å²) in [6.07, 6.45) is -0.217.